The van der Waals surface area contributed by atoms with Gasteiger partial charge in [-0.1, -0.05) is 13.3 Å². The number of likely N-dealkylation sites (N-methyl/N-ethyl adjacent to an activating group) is 1. The summed E-state index contributed by atoms with van der Waals surface area (Å²) in [4.78, 5) is 11.3. The van der Waals surface area contributed by atoms with E-state index in [0.717, 1.165) is 12.8 Å². The molecule has 0 aromatic carbocycles. The minimum absolute atomic E-state index is 0.247. The highest BCUT2D eigenvalue weighted by Gasteiger charge is 2.42. The van der Waals surface area contributed by atoms with Crippen LogP contribution >= 0.6 is 0 Å². The highest BCUT2D eigenvalue weighted by Crippen LogP contribution is 2.26. The van der Waals surface area contributed by atoms with Crippen molar-refractivity contribution in [3.05, 3.63) is 0 Å². The molecule has 2 radical (unpaired) electrons. The Morgan fingerprint density at radius 1 is 1.65 bits per heavy atom. The average molecular weight is 241 g/mol. The van der Waals surface area contributed by atoms with Crippen LogP contribution in [-0.4, -0.2) is 56.3 Å². The van der Waals surface area contributed by atoms with E-state index < -0.39 is 24.3 Å². The van der Waals surface area contributed by atoms with Crippen molar-refractivity contribution in [2.75, 3.05) is 7.05 Å². The van der Waals surface area contributed by atoms with Crippen molar-refractivity contribution in [1.29, 1.82) is 0 Å². The van der Waals surface area contributed by atoms with Crippen molar-refractivity contribution in [2.45, 2.75) is 57.1 Å². The van der Waals surface area contributed by atoms with Crippen molar-refractivity contribution in [1.82, 2.24) is 5.32 Å². The van der Waals surface area contributed by atoms with Crippen LogP contribution in [0.15, 0.2) is 0 Å². The van der Waals surface area contributed by atoms with Gasteiger partial charge < -0.3 is 19.9 Å². The summed E-state index contributed by atoms with van der Waals surface area (Å²) in [7, 11) is 7.27. The van der Waals surface area contributed by atoms with Gasteiger partial charge in [0, 0.05) is 13.1 Å². The maximum atomic E-state index is 11.3. The lowest BCUT2D eigenvalue weighted by atomic mass is 9.92. The Morgan fingerprint density at radius 3 is 2.82 bits per heavy atom. The van der Waals surface area contributed by atoms with Crippen molar-refractivity contribution >= 4 is 13.8 Å². The first-order chi connectivity index (χ1) is 8.01. The molecule has 1 saturated heterocycles. The first-order valence-corrected chi connectivity index (χ1v) is 5.97. The number of rotatable bonds is 5. The molecule has 96 valence electrons. The normalized spacial score (nSPS) is 34.6. The van der Waals surface area contributed by atoms with Crippen molar-refractivity contribution in [3.63, 3.8) is 0 Å². The number of aliphatic hydroxyl groups excluding tert-OH is 1. The molecule has 1 aliphatic rings. The van der Waals surface area contributed by atoms with Gasteiger partial charge >= 0.3 is 0 Å². The summed E-state index contributed by atoms with van der Waals surface area (Å²) in [6, 6.07) is -0.686. The van der Waals surface area contributed by atoms with Gasteiger partial charge in [-0.15, -0.1) is 0 Å². The first-order valence-electron chi connectivity index (χ1n) is 5.97. The van der Waals surface area contributed by atoms with E-state index in [1.165, 1.54) is 7.05 Å². The van der Waals surface area contributed by atoms with Crippen LogP contribution in [0.4, 0.5) is 0 Å². The molecule has 0 saturated carbocycles. The summed E-state index contributed by atoms with van der Waals surface area (Å²) in [5.41, 5.74) is 0. The van der Waals surface area contributed by atoms with Crippen LogP contribution in [-0.2, 0) is 14.3 Å². The lowest BCUT2D eigenvalue weighted by Crippen LogP contribution is -2.42. The van der Waals surface area contributed by atoms with E-state index in [-0.39, 0.29) is 12.0 Å². The summed E-state index contributed by atoms with van der Waals surface area (Å²) in [5.74, 6) is -0.247. The van der Waals surface area contributed by atoms with Gasteiger partial charge in [0.2, 0.25) is 5.91 Å². The van der Waals surface area contributed by atoms with Gasteiger partial charge in [0.05, 0.1) is 6.10 Å². The van der Waals surface area contributed by atoms with Crippen LogP contribution in [0.25, 0.3) is 0 Å². The summed E-state index contributed by atoms with van der Waals surface area (Å²) in [6.07, 6.45) is -0.780. The zero-order valence-electron chi connectivity index (χ0n) is 10.6. The van der Waals surface area contributed by atoms with Gasteiger partial charge in [-0.3, -0.25) is 4.79 Å². The topological polar surface area (TPSA) is 67.8 Å². The largest absolute Gasteiger partial charge is 0.388 e. The zero-order valence-corrected chi connectivity index (χ0v) is 10.6. The molecule has 6 heteroatoms. The van der Waals surface area contributed by atoms with Gasteiger partial charge in [-0.05, 0) is 13.3 Å². The van der Waals surface area contributed by atoms with Crippen molar-refractivity contribution < 1.29 is 19.4 Å². The summed E-state index contributed by atoms with van der Waals surface area (Å²) in [6.45, 7) is 3.62. The van der Waals surface area contributed by atoms with Crippen LogP contribution in [0.1, 0.15) is 26.7 Å². The Labute approximate surface area is 103 Å². The van der Waals surface area contributed by atoms with Crippen LogP contribution in [0, 0.1) is 0 Å². The number of carbonyl (C=O) groups is 1. The second-order valence-corrected chi connectivity index (χ2v) is 4.28. The molecule has 17 heavy (non-hydrogen) atoms. The second kappa shape index (κ2) is 6.38. The molecule has 1 heterocycles. The van der Waals surface area contributed by atoms with Crippen LogP contribution < -0.4 is 5.32 Å². The lowest BCUT2D eigenvalue weighted by molar-refractivity contribution is -0.138. The Bertz CT molecular complexity index is 264. The van der Waals surface area contributed by atoms with Crippen molar-refractivity contribution in [2.24, 2.45) is 0 Å². The fraction of sp³-hybridized carbons (Fsp3) is 0.909. The van der Waals surface area contributed by atoms with E-state index in [0.29, 0.717) is 0 Å². The number of hydrogen-bond donors (Lipinski definition) is 2. The molecule has 0 bridgehead atoms. The molecule has 5 unspecified atom stereocenters. The monoisotopic (exact) mass is 241 g/mol. The average Bonchev–Trinajstić information content (AvgIpc) is 2.56. The minimum Gasteiger partial charge on any atom is -0.388 e. The Morgan fingerprint density at radius 2 is 2.29 bits per heavy atom. The maximum absolute atomic E-state index is 11.3. The highest BCUT2D eigenvalue weighted by molar-refractivity contribution is 6.11. The maximum Gasteiger partial charge on any atom is 0.248 e. The van der Waals surface area contributed by atoms with E-state index in [2.05, 4.69) is 5.32 Å². The number of nitrogens with one attached hydrogen (secondary N) is 1. The standard InChI is InChI=1S/C11H20BNO4/c1-4-5-7-8(14)9(10(12)17-7)16-6(2)11(15)13-3/h6-10,14H,4-5H2,1-3H3,(H,13,15). The molecule has 1 fully saturated rings. The third-order valence-electron chi connectivity index (χ3n) is 2.92. The number of hydrogen-bond acceptors (Lipinski definition) is 4. The third-order valence-corrected chi connectivity index (χ3v) is 2.92. The van der Waals surface area contributed by atoms with E-state index in [1.807, 2.05) is 6.92 Å². The van der Waals surface area contributed by atoms with Gasteiger partial charge in [0.1, 0.15) is 26.2 Å². The SMILES string of the molecule is [B]C1OC(CCC)C(O)C1OC(C)C(=O)NC. The predicted octanol–water partition coefficient (Wildman–Crippen LogP) is -0.439. The van der Waals surface area contributed by atoms with Gasteiger partial charge in [0.15, 0.2) is 0 Å². The van der Waals surface area contributed by atoms with E-state index in [4.69, 9.17) is 17.3 Å². The fourth-order valence-corrected chi connectivity index (χ4v) is 1.95. The molecular weight excluding hydrogens is 221 g/mol. The molecule has 1 rings (SSSR count). The fourth-order valence-electron chi connectivity index (χ4n) is 1.95. The predicted molar refractivity (Wildman–Crippen MR) is 63.7 cm³/mol. The van der Waals surface area contributed by atoms with Gasteiger partial charge in [-0.25, -0.2) is 0 Å². The Hall–Kier alpha value is -0.585. The molecule has 1 amide bonds. The first kappa shape index (κ1) is 14.5. The van der Waals surface area contributed by atoms with Gasteiger partial charge in [-0.2, -0.15) is 0 Å². The molecule has 0 aromatic rings. The summed E-state index contributed by atoms with van der Waals surface area (Å²) < 4.78 is 10.9. The Kier molecular flexibility index (Phi) is 5.43. The highest BCUT2D eigenvalue weighted by atomic mass is 16.6. The number of carbonyl (C=O) groups excluding carboxylic acids is 1. The van der Waals surface area contributed by atoms with E-state index >= 15 is 0 Å². The minimum atomic E-state index is -0.781. The number of amides is 1. The van der Waals surface area contributed by atoms with Crippen LogP contribution in [0.3, 0.4) is 0 Å². The molecule has 5 nitrogen and oxygen atoms in total. The van der Waals surface area contributed by atoms with E-state index in [1.54, 1.807) is 6.92 Å². The Balaban J connectivity index is 2.56. The van der Waals surface area contributed by atoms with E-state index in [9.17, 15) is 9.90 Å². The number of aliphatic hydroxyl groups is 1. The molecule has 5 atom stereocenters. The van der Waals surface area contributed by atoms with Crippen LogP contribution in [0.5, 0.6) is 0 Å². The van der Waals surface area contributed by atoms with Gasteiger partial charge in [0.25, 0.3) is 0 Å². The van der Waals surface area contributed by atoms with Crippen LogP contribution in [0.2, 0.25) is 0 Å². The molecule has 0 aliphatic carbocycles. The quantitative estimate of drug-likeness (QED) is 0.640. The third kappa shape index (κ3) is 3.44. The molecule has 2 N–H and O–H groups in total. The molecule has 1 aliphatic heterocycles. The second-order valence-electron chi connectivity index (χ2n) is 4.28. The summed E-state index contributed by atoms with van der Waals surface area (Å²) >= 11 is 0. The smallest absolute Gasteiger partial charge is 0.248 e. The molecular formula is C11H20BNO4. The molecule has 0 aromatic heterocycles. The lowest BCUT2D eigenvalue weighted by Gasteiger charge is -2.22. The molecule has 0 spiro atoms. The zero-order chi connectivity index (χ0) is 13.0. The summed E-state index contributed by atoms with van der Waals surface area (Å²) in [5, 5.41) is 12.5. The number of ether oxygens (including phenoxy) is 2. The van der Waals surface area contributed by atoms with Crippen molar-refractivity contribution in [3.8, 4) is 0 Å².